The molecule has 258 valence electrons. The van der Waals surface area contributed by atoms with Crippen LogP contribution in [0.4, 0.5) is 17.1 Å². The van der Waals surface area contributed by atoms with Crippen LogP contribution < -0.4 is 20.5 Å². The van der Waals surface area contributed by atoms with Gasteiger partial charge < -0.3 is 25.8 Å². The number of ether oxygens (including phenoxy) is 1. The zero-order valence-electron chi connectivity index (χ0n) is 27.5. The third-order valence-corrected chi connectivity index (χ3v) is 10.1. The standard InChI is InChI=1S/C36H40ClN5O6S/c1-23-19-42(24(2)22-43)36(45)29-7-6-10-32(40-49(46,47)28-17-15-27(37)16-18-28)34(29)48-33(23)21-41(3)20-25-11-13-26(14-12-25)35(44)39-31-9-5-4-8-30(31)38/h4-18,23-24,33,40,43H,19-22,38H2,1-3H3,(H,39,44)/t23-,24-,33-/m0/s1. The monoisotopic (exact) mass is 705 g/mol. The Morgan fingerprint density at radius 1 is 1.04 bits per heavy atom. The van der Waals surface area contributed by atoms with E-state index in [0.29, 0.717) is 41.6 Å². The Hall–Kier alpha value is -4.62. The van der Waals surface area contributed by atoms with E-state index in [1.807, 2.05) is 26.1 Å². The second-order valence-electron chi connectivity index (χ2n) is 12.3. The summed E-state index contributed by atoms with van der Waals surface area (Å²) in [5.41, 5.74) is 8.73. The highest BCUT2D eigenvalue weighted by molar-refractivity contribution is 7.92. The Morgan fingerprint density at radius 2 is 1.71 bits per heavy atom. The fraction of sp³-hybridized carbons (Fsp3) is 0.278. The van der Waals surface area contributed by atoms with E-state index >= 15 is 0 Å². The van der Waals surface area contributed by atoms with Gasteiger partial charge in [0.05, 0.1) is 40.2 Å². The van der Waals surface area contributed by atoms with Crippen molar-refractivity contribution < 1.29 is 27.9 Å². The molecule has 3 atom stereocenters. The van der Waals surface area contributed by atoms with Gasteiger partial charge >= 0.3 is 0 Å². The summed E-state index contributed by atoms with van der Waals surface area (Å²) in [6, 6.07) is 24.3. The smallest absolute Gasteiger partial charge is 0.262 e. The normalized spacial score (nSPS) is 17.0. The van der Waals surface area contributed by atoms with Gasteiger partial charge in [-0.05, 0) is 80.2 Å². The van der Waals surface area contributed by atoms with Gasteiger partial charge in [-0.3, -0.25) is 19.2 Å². The van der Waals surface area contributed by atoms with Gasteiger partial charge in [0.2, 0.25) is 0 Å². The van der Waals surface area contributed by atoms with Crippen molar-refractivity contribution in [1.29, 1.82) is 0 Å². The Bertz CT molecular complexity index is 1910. The van der Waals surface area contributed by atoms with Gasteiger partial charge in [0.15, 0.2) is 5.75 Å². The first kappa shape index (κ1) is 35.7. The van der Waals surface area contributed by atoms with E-state index in [1.54, 1.807) is 66.4 Å². The number of nitrogens with zero attached hydrogens (tertiary/aromatic N) is 2. The molecule has 4 aromatic rings. The van der Waals surface area contributed by atoms with Gasteiger partial charge in [0.1, 0.15) is 6.10 Å². The number of carbonyl (C=O) groups excluding carboxylic acids is 2. The highest BCUT2D eigenvalue weighted by Crippen LogP contribution is 2.36. The number of hydrogen-bond acceptors (Lipinski definition) is 8. The summed E-state index contributed by atoms with van der Waals surface area (Å²) in [4.78, 5) is 30.3. The second-order valence-corrected chi connectivity index (χ2v) is 14.4. The number of para-hydroxylation sites is 3. The molecular formula is C36H40ClN5O6S. The van der Waals surface area contributed by atoms with Crippen LogP contribution in [-0.2, 0) is 16.6 Å². The van der Waals surface area contributed by atoms with Crippen molar-refractivity contribution >= 4 is 50.5 Å². The molecule has 2 amide bonds. The summed E-state index contributed by atoms with van der Waals surface area (Å²) in [7, 11) is -2.13. The SMILES string of the molecule is C[C@H]1CN([C@@H](C)CO)C(=O)c2cccc(NS(=O)(=O)c3ccc(Cl)cc3)c2O[C@H]1CN(C)Cc1ccc(C(=O)Nc2ccccc2N)cc1. The van der Waals surface area contributed by atoms with Crippen LogP contribution in [-0.4, -0.2) is 74.0 Å². The molecular weight excluding hydrogens is 666 g/mol. The molecule has 5 N–H and O–H groups in total. The molecule has 13 heteroatoms. The molecule has 49 heavy (non-hydrogen) atoms. The lowest BCUT2D eigenvalue weighted by Gasteiger charge is -2.38. The zero-order valence-corrected chi connectivity index (χ0v) is 29.0. The number of fused-ring (bicyclic) bond motifs is 1. The number of benzene rings is 4. The second kappa shape index (κ2) is 15.3. The number of aliphatic hydroxyl groups is 1. The number of aliphatic hydroxyl groups excluding tert-OH is 1. The minimum atomic E-state index is -4.06. The van der Waals surface area contributed by atoms with Crippen LogP contribution in [0.25, 0.3) is 0 Å². The highest BCUT2D eigenvalue weighted by Gasteiger charge is 2.35. The number of nitrogen functional groups attached to an aromatic ring is 1. The minimum Gasteiger partial charge on any atom is -0.486 e. The lowest BCUT2D eigenvalue weighted by molar-refractivity contribution is 0.0344. The van der Waals surface area contributed by atoms with E-state index in [1.165, 1.54) is 24.3 Å². The average molecular weight is 706 g/mol. The molecule has 1 heterocycles. The summed E-state index contributed by atoms with van der Waals surface area (Å²) in [5, 5.41) is 13.2. The maximum atomic E-state index is 13.8. The van der Waals surface area contributed by atoms with Crippen molar-refractivity contribution in [2.45, 2.75) is 37.4 Å². The molecule has 0 saturated heterocycles. The van der Waals surface area contributed by atoms with Crippen molar-refractivity contribution in [2.24, 2.45) is 5.92 Å². The maximum absolute atomic E-state index is 13.8. The number of carbonyl (C=O) groups is 2. The number of nitrogens with one attached hydrogen (secondary N) is 2. The van der Waals surface area contributed by atoms with Crippen LogP contribution in [0.15, 0.2) is 95.9 Å². The predicted octanol–water partition coefficient (Wildman–Crippen LogP) is 5.33. The summed E-state index contributed by atoms with van der Waals surface area (Å²) in [6.07, 6.45) is -0.479. The fourth-order valence-electron chi connectivity index (χ4n) is 5.61. The lowest BCUT2D eigenvalue weighted by atomic mass is 9.99. The number of nitrogens with two attached hydrogens (primary N) is 1. The van der Waals surface area contributed by atoms with Gasteiger partial charge in [-0.2, -0.15) is 0 Å². The highest BCUT2D eigenvalue weighted by atomic mass is 35.5. The Morgan fingerprint density at radius 3 is 2.39 bits per heavy atom. The molecule has 0 aliphatic carbocycles. The number of likely N-dealkylation sites (N-methyl/N-ethyl adjacent to an activating group) is 1. The number of halogens is 1. The van der Waals surface area contributed by atoms with Crippen LogP contribution in [0.2, 0.25) is 5.02 Å². The quantitative estimate of drug-likeness (QED) is 0.153. The van der Waals surface area contributed by atoms with Crippen molar-refractivity contribution in [2.75, 3.05) is 42.5 Å². The van der Waals surface area contributed by atoms with Crippen molar-refractivity contribution in [3.63, 3.8) is 0 Å². The molecule has 5 rings (SSSR count). The molecule has 0 fully saturated rings. The first-order chi connectivity index (χ1) is 23.4. The maximum Gasteiger partial charge on any atom is 0.262 e. The van der Waals surface area contributed by atoms with Crippen molar-refractivity contribution in [3.05, 3.63) is 113 Å². The van der Waals surface area contributed by atoms with Gasteiger partial charge in [0, 0.05) is 36.1 Å². The molecule has 0 unspecified atom stereocenters. The molecule has 4 aromatic carbocycles. The van der Waals surface area contributed by atoms with E-state index in [0.717, 1.165) is 5.56 Å². The molecule has 0 spiro atoms. The number of amides is 2. The minimum absolute atomic E-state index is 0.000416. The Kier molecular flexibility index (Phi) is 11.1. The van der Waals surface area contributed by atoms with E-state index < -0.39 is 22.2 Å². The van der Waals surface area contributed by atoms with Crippen LogP contribution in [0.1, 0.15) is 40.1 Å². The Balaban J connectivity index is 1.37. The molecule has 0 radical (unpaired) electrons. The number of anilines is 3. The van der Waals surface area contributed by atoms with Crippen LogP contribution in [0.5, 0.6) is 5.75 Å². The largest absolute Gasteiger partial charge is 0.486 e. The molecule has 1 aliphatic heterocycles. The zero-order chi connectivity index (χ0) is 35.3. The van der Waals surface area contributed by atoms with Crippen molar-refractivity contribution in [1.82, 2.24) is 9.80 Å². The van der Waals surface area contributed by atoms with Gasteiger partial charge in [-0.1, -0.05) is 48.9 Å². The van der Waals surface area contributed by atoms with E-state index in [2.05, 4.69) is 14.9 Å². The Labute approximate surface area is 291 Å². The van der Waals surface area contributed by atoms with Gasteiger partial charge in [0.25, 0.3) is 21.8 Å². The predicted molar refractivity (Wildman–Crippen MR) is 191 cm³/mol. The third-order valence-electron chi connectivity index (χ3n) is 8.43. The first-order valence-electron chi connectivity index (χ1n) is 15.8. The molecule has 0 saturated carbocycles. The summed E-state index contributed by atoms with van der Waals surface area (Å²) < 4.78 is 35.9. The number of hydrogen-bond donors (Lipinski definition) is 4. The molecule has 0 aromatic heterocycles. The molecule has 1 aliphatic rings. The summed E-state index contributed by atoms with van der Waals surface area (Å²) >= 11 is 5.97. The third kappa shape index (κ3) is 8.52. The number of sulfonamides is 1. The molecule has 0 bridgehead atoms. The average Bonchev–Trinajstić information content (AvgIpc) is 3.07. The summed E-state index contributed by atoms with van der Waals surface area (Å²) in [5.74, 6) is -0.737. The van der Waals surface area contributed by atoms with Gasteiger partial charge in [-0.15, -0.1) is 0 Å². The van der Waals surface area contributed by atoms with Crippen LogP contribution in [0.3, 0.4) is 0 Å². The fourth-order valence-corrected chi connectivity index (χ4v) is 6.80. The summed E-state index contributed by atoms with van der Waals surface area (Å²) in [6.45, 7) is 4.74. The van der Waals surface area contributed by atoms with Crippen LogP contribution >= 0.6 is 11.6 Å². The number of rotatable bonds is 11. The topological polar surface area (TPSA) is 154 Å². The van der Waals surface area contributed by atoms with Crippen molar-refractivity contribution in [3.8, 4) is 5.75 Å². The van der Waals surface area contributed by atoms with Crippen LogP contribution in [0, 0.1) is 5.92 Å². The van der Waals surface area contributed by atoms with E-state index in [-0.39, 0.29) is 46.2 Å². The lowest BCUT2D eigenvalue weighted by Crippen LogP contribution is -2.49. The van der Waals surface area contributed by atoms with Gasteiger partial charge in [-0.25, -0.2) is 8.42 Å². The van der Waals surface area contributed by atoms with E-state index in [9.17, 15) is 23.1 Å². The first-order valence-corrected chi connectivity index (χ1v) is 17.7. The molecule has 11 nitrogen and oxygen atoms in total. The van der Waals surface area contributed by atoms with E-state index in [4.69, 9.17) is 22.1 Å².